The molecule has 208 valence electrons. The Bertz CT molecular complexity index is 1260. The highest BCUT2D eigenvalue weighted by atomic mass is 32.1. The maximum Gasteiger partial charge on any atom is 0.249 e. The number of likely N-dealkylation sites (N-methyl/N-ethyl adjacent to an activating group) is 3. The minimum absolute atomic E-state index is 0.102. The number of hydrogen-bond donors (Lipinski definition) is 2. The Hall–Kier alpha value is -3.27. The summed E-state index contributed by atoms with van der Waals surface area (Å²) in [4.78, 5) is 43.3. The van der Waals surface area contributed by atoms with Gasteiger partial charge < -0.3 is 25.2 Å². The van der Waals surface area contributed by atoms with Gasteiger partial charge in [0.15, 0.2) is 0 Å². The van der Waals surface area contributed by atoms with Crippen LogP contribution >= 0.6 is 11.3 Å². The van der Waals surface area contributed by atoms with E-state index < -0.39 is 12.1 Å². The first kappa shape index (κ1) is 28.7. The van der Waals surface area contributed by atoms with Gasteiger partial charge in [-0.1, -0.05) is 48.5 Å². The van der Waals surface area contributed by atoms with E-state index >= 15 is 0 Å². The van der Waals surface area contributed by atoms with Gasteiger partial charge in [0.25, 0.3) is 0 Å². The molecular weight excluding hydrogens is 512 g/mol. The molecule has 3 atom stereocenters. The van der Waals surface area contributed by atoms with Crippen molar-refractivity contribution < 1.29 is 19.1 Å². The van der Waals surface area contributed by atoms with E-state index in [0.29, 0.717) is 19.4 Å². The lowest BCUT2D eigenvalue weighted by atomic mass is 10.00. The summed E-state index contributed by atoms with van der Waals surface area (Å²) >= 11 is 1.62. The molecule has 0 saturated carbocycles. The Morgan fingerprint density at radius 3 is 2.49 bits per heavy atom. The van der Waals surface area contributed by atoms with Gasteiger partial charge in [0.2, 0.25) is 17.7 Å². The fourth-order valence-electron chi connectivity index (χ4n) is 5.05. The van der Waals surface area contributed by atoms with Crippen molar-refractivity contribution in [3.8, 4) is 0 Å². The van der Waals surface area contributed by atoms with Gasteiger partial charge in [-0.3, -0.25) is 14.4 Å². The lowest BCUT2D eigenvalue weighted by Crippen LogP contribution is -2.56. The van der Waals surface area contributed by atoms with Crippen LogP contribution in [0.5, 0.6) is 0 Å². The van der Waals surface area contributed by atoms with Crippen molar-refractivity contribution in [1.29, 1.82) is 0 Å². The van der Waals surface area contributed by atoms with Gasteiger partial charge in [0.1, 0.15) is 18.7 Å². The Labute approximate surface area is 234 Å². The number of carbonyl (C=O) groups excluding carboxylic acids is 3. The molecule has 2 N–H and O–H groups in total. The Morgan fingerprint density at radius 1 is 1.03 bits per heavy atom. The average Bonchev–Trinajstić information content (AvgIpc) is 3.64. The maximum atomic E-state index is 14.1. The zero-order valence-corrected chi connectivity index (χ0v) is 23.7. The second-order valence-electron chi connectivity index (χ2n) is 10.1. The lowest BCUT2D eigenvalue weighted by molar-refractivity contribution is -0.149. The molecule has 0 aliphatic carbocycles. The van der Waals surface area contributed by atoms with Crippen molar-refractivity contribution in [3.05, 3.63) is 71.1 Å². The third-order valence-electron chi connectivity index (χ3n) is 7.46. The summed E-state index contributed by atoms with van der Waals surface area (Å²) in [6, 6.07) is 16.4. The number of amides is 3. The van der Waals surface area contributed by atoms with Crippen LogP contribution in [-0.2, 0) is 32.0 Å². The minimum Gasteiger partial charge on any atom is -0.370 e. The van der Waals surface area contributed by atoms with E-state index in [0.717, 1.165) is 40.6 Å². The second-order valence-corrected chi connectivity index (χ2v) is 11.0. The smallest absolute Gasteiger partial charge is 0.249 e. The maximum absolute atomic E-state index is 14.1. The van der Waals surface area contributed by atoms with Crippen molar-refractivity contribution in [1.82, 2.24) is 20.4 Å². The van der Waals surface area contributed by atoms with Gasteiger partial charge in [-0.05, 0) is 47.3 Å². The van der Waals surface area contributed by atoms with Gasteiger partial charge in [0, 0.05) is 44.7 Å². The van der Waals surface area contributed by atoms with Crippen LogP contribution in [0, 0.1) is 0 Å². The summed E-state index contributed by atoms with van der Waals surface area (Å²) in [5.41, 5.74) is 1.95. The fourth-order valence-corrected chi connectivity index (χ4v) is 6.03. The first-order chi connectivity index (χ1) is 18.9. The molecule has 0 bridgehead atoms. The fraction of sp³-hybridized carbons (Fsp3) is 0.433. The van der Waals surface area contributed by atoms with Gasteiger partial charge in [-0.2, -0.15) is 0 Å². The van der Waals surface area contributed by atoms with Gasteiger partial charge in [0.05, 0.1) is 6.61 Å². The third-order valence-corrected chi connectivity index (χ3v) is 8.48. The number of nitrogens with zero attached hydrogens (tertiary/aromatic N) is 2. The Balaban J connectivity index is 1.56. The van der Waals surface area contributed by atoms with E-state index in [-0.39, 0.29) is 30.4 Å². The molecule has 1 saturated heterocycles. The molecule has 1 fully saturated rings. The molecule has 0 spiro atoms. The van der Waals surface area contributed by atoms with E-state index in [9.17, 15) is 14.4 Å². The molecule has 39 heavy (non-hydrogen) atoms. The zero-order valence-electron chi connectivity index (χ0n) is 22.9. The monoisotopic (exact) mass is 550 g/mol. The van der Waals surface area contributed by atoms with Crippen molar-refractivity contribution in [2.75, 3.05) is 40.9 Å². The molecule has 2 heterocycles. The number of nitrogens with one attached hydrogen (secondary N) is 2. The zero-order chi connectivity index (χ0) is 27.8. The molecule has 2 aromatic carbocycles. The van der Waals surface area contributed by atoms with Crippen LogP contribution < -0.4 is 10.6 Å². The van der Waals surface area contributed by atoms with E-state index in [1.807, 2.05) is 60.0 Å². The van der Waals surface area contributed by atoms with Crippen LogP contribution in [0.3, 0.4) is 0 Å². The first-order valence-corrected chi connectivity index (χ1v) is 14.3. The van der Waals surface area contributed by atoms with Crippen molar-refractivity contribution >= 4 is 39.1 Å². The largest absolute Gasteiger partial charge is 0.370 e. The second kappa shape index (κ2) is 13.7. The van der Waals surface area contributed by atoms with Crippen LogP contribution in [0.4, 0.5) is 0 Å². The predicted octanol–water partition coefficient (Wildman–Crippen LogP) is 2.86. The summed E-state index contributed by atoms with van der Waals surface area (Å²) in [5.74, 6) is -0.808. The normalized spacial score (nSPS) is 16.5. The van der Waals surface area contributed by atoms with Crippen LogP contribution in [0.2, 0.25) is 0 Å². The highest BCUT2D eigenvalue weighted by Crippen LogP contribution is 2.28. The van der Waals surface area contributed by atoms with E-state index in [4.69, 9.17) is 4.74 Å². The molecule has 9 heteroatoms. The molecule has 0 radical (unpaired) electrons. The molecule has 1 aliphatic rings. The SMILES string of the molecule is CNC(=O)[C@@H](Cc1ccccc1)N(C)C(=O)[C@@H](Cc1csc2ccccc12)N(C)C(=O)COCC1CCCN1. The molecule has 1 aromatic heterocycles. The van der Waals surface area contributed by atoms with Gasteiger partial charge in [-0.15, -0.1) is 11.3 Å². The van der Waals surface area contributed by atoms with Crippen molar-refractivity contribution in [3.63, 3.8) is 0 Å². The van der Waals surface area contributed by atoms with Crippen molar-refractivity contribution in [2.45, 2.75) is 43.8 Å². The van der Waals surface area contributed by atoms with Crippen LogP contribution in [0.15, 0.2) is 60.0 Å². The van der Waals surface area contributed by atoms with Crippen molar-refractivity contribution in [2.24, 2.45) is 0 Å². The predicted molar refractivity (Wildman–Crippen MR) is 155 cm³/mol. The summed E-state index contributed by atoms with van der Waals surface area (Å²) in [6.07, 6.45) is 2.84. The highest BCUT2D eigenvalue weighted by Gasteiger charge is 2.35. The topological polar surface area (TPSA) is 91.0 Å². The molecule has 8 nitrogen and oxygen atoms in total. The lowest BCUT2D eigenvalue weighted by Gasteiger charge is -2.34. The highest BCUT2D eigenvalue weighted by molar-refractivity contribution is 7.17. The summed E-state index contributed by atoms with van der Waals surface area (Å²) in [7, 11) is 4.86. The van der Waals surface area contributed by atoms with Gasteiger partial charge >= 0.3 is 0 Å². The van der Waals surface area contributed by atoms with E-state index in [1.165, 1.54) is 9.80 Å². The Morgan fingerprint density at radius 2 is 1.77 bits per heavy atom. The van der Waals surface area contributed by atoms with E-state index in [1.54, 1.807) is 32.5 Å². The first-order valence-electron chi connectivity index (χ1n) is 13.4. The molecule has 3 amide bonds. The quantitative estimate of drug-likeness (QED) is 0.362. The molecular formula is C30H38N4O4S. The van der Waals surface area contributed by atoms with Crippen LogP contribution in [0.1, 0.15) is 24.0 Å². The summed E-state index contributed by atoms with van der Waals surface area (Å²) < 4.78 is 6.86. The molecule has 1 unspecified atom stereocenters. The van der Waals surface area contributed by atoms with Gasteiger partial charge in [-0.25, -0.2) is 0 Å². The number of rotatable bonds is 12. The number of fused-ring (bicyclic) bond motifs is 1. The van der Waals surface area contributed by atoms with E-state index in [2.05, 4.69) is 10.6 Å². The van der Waals surface area contributed by atoms with Crippen LogP contribution in [0.25, 0.3) is 10.1 Å². The standard InChI is InChI=1S/C30H38N4O4S/c1-31-29(36)25(16-21-10-5-4-6-11-21)34(3)30(37)26(17-22-20-39-27-14-8-7-13-24(22)27)33(2)28(35)19-38-18-23-12-9-15-32-23/h4-8,10-11,13-14,20,23,25-26,32H,9,12,15-19H2,1-3H3,(H,31,36)/t23?,25-,26-/m1/s1. The number of ether oxygens (including phenoxy) is 1. The third kappa shape index (κ3) is 7.23. The number of thiophene rings is 1. The molecule has 1 aliphatic heterocycles. The Kier molecular flexibility index (Phi) is 10.1. The number of hydrogen-bond acceptors (Lipinski definition) is 6. The number of carbonyl (C=O) groups is 3. The summed E-state index contributed by atoms with van der Waals surface area (Å²) in [5, 5.41) is 9.18. The van der Waals surface area contributed by atoms with Crippen LogP contribution in [-0.4, -0.2) is 86.5 Å². The molecule has 3 aromatic rings. The molecule has 4 rings (SSSR count). The summed E-state index contributed by atoms with van der Waals surface area (Å²) in [6.45, 7) is 1.33. The number of benzene rings is 2. The average molecular weight is 551 g/mol. The minimum atomic E-state index is -0.795.